The number of nitrogens with zero attached hydrogens (tertiary/aromatic N) is 2. The Morgan fingerprint density at radius 3 is 2.78 bits per heavy atom. The van der Waals surface area contributed by atoms with Crippen molar-refractivity contribution >= 4 is 44.9 Å². The summed E-state index contributed by atoms with van der Waals surface area (Å²) in [6, 6.07) is 19.0. The first-order valence-corrected chi connectivity index (χ1v) is 11.7. The van der Waals surface area contributed by atoms with Gasteiger partial charge in [-0.05, 0) is 23.8 Å². The van der Waals surface area contributed by atoms with Crippen molar-refractivity contribution in [3.05, 3.63) is 83.7 Å². The number of benzene rings is 2. The summed E-state index contributed by atoms with van der Waals surface area (Å²) >= 11 is 2.65. The predicted molar refractivity (Wildman–Crippen MR) is 132 cm³/mol. The maximum atomic E-state index is 13.1. The molecule has 1 N–H and O–H groups in total. The molecule has 0 saturated carbocycles. The van der Waals surface area contributed by atoms with E-state index in [1.807, 2.05) is 42.5 Å². The third-order valence-corrected chi connectivity index (χ3v) is 6.79. The summed E-state index contributed by atoms with van der Waals surface area (Å²) < 4.78 is 7.34. The van der Waals surface area contributed by atoms with Gasteiger partial charge in [-0.1, -0.05) is 54.2 Å². The number of allylic oxidation sites excluding steroid dienone is 1. The quantitative estimate of drug-likeness (QED) is 0.225. The zero-order valence-corrected chi connectivity index (χ0v) is 19.0. The van der Waals surface area contributed by atoms with E-state index in [-0.39, 0.29) is 17.2 Å². The van der Waals surface area contributed by atoms with Crippen LogP contribution < -0.4 is 15.6 Å². The van der Waals surface area contributed by atoms with Crippen LogP contribution in [0.2, 0.25) is 0 Å². The lowest BCUT2D eigenvalue weighted by atomic mass is 10.2. The Balaban J connectivity index is 1.59. The van der Waals surface area contributed by atoms with Crippen LogP contribution >= 0.6 is 23.1 Å². The molecular formula is C24H21N3O3S2. The van der Waals surface area contributed by atoms with Crippen molar-refractivity contribution in [2.24, 2.45) is 0 Å². The second-order valence-electron chi connectivity index (χ2n) is 6.86. The number of hydrogen-bond donors (Lipinski definition) is 1. The fourth-order valence-corrected chi connectivity index (χ4v) is 5.02. The van der Waals surface area contributed by atoms with Gasteiger partial charge in [0, 0.05) is 23.2 Å². The first-order valence-electron chi connectivity index (χ1n) is 9.86. The monoisotopic (exact) mass is 463 g/mol. The molecule has 6 nitrogen and oxygen atoms in total. The number of aromatic nitrogens is 2. The average Bonchev–Trinajstić information content (AvgIpc) is 3.25. The van der Waals surface area contributed by atoms with E-state index < -0.39 is 0 Å². The zero-order chi connectivity index (χ0) is 22.5. The minimum atomic E-state index is -0.196. The SMILES string of the molecule is C=CCn1c(SCC(=O)Nc2cccc(OC)c2)nc2cc(-c3ccccc3)sc2c1=O. The fourth-order valence-electron chi connectivity index (χ4n) is 3.16. The number of methoxy groups -OCH3 is 1. The Bertz CT molecular complexity index is 1330. The van der Waals surface area contributed by atoms with Gasteiger partial charge in [-0.25, -0.2) is 4.98 Å². The van der Waals surface area contributed by atoms with E-state index in [1.165, 1.54) is 23.1 Å². The van der Waals surface area contributed by atoms with Crippen molar-refractivity contribution in [3.63, 3.8) is 0 Å². The molecule has 162 valence electrons. The largest absolute Gasteiger partial charge is 0.497 e. The maximum Gasteiger partial charge on any atom is 0.272 e. The van der Waals surface area contributed by atoms with Crippen LogP contribution in [0.1, 0.15) is 0 Å². The molecule has 0 radical (unpaired) electrons. The molecule has 2 aromatic heterocycles. The third-order valence-electron chi connectivity index (χ3n) is 4.65. The Kier molecular flexibility index (Phi) is 6.72. The number of carbonyl (C=O) groups is 1. The molecule has 2 heterocycles. The van der Waals surface area contributed by atoms with Crippen LogP contribution in [0.25, 0.3) is 20.7 Å². The van der Waals surface area contributed by atoms with Gasteiger partial charge in [0.1, 0.15) is 10.4 Å². The Labute approximate surface area is 193 Å². The van der Waals surface area contributed by atoms with Crippen LogP contribution in [0.15, 0.2) is 83.3 Å². The predicted octanol–water partition coefficient (Wildman–Crippen LogP) is 5.05. The summed E-state index contributed by atoms with van der Waals surface area (Å²) in [5.41, 5.74) is 2.19. The van der Waals surface area contributed by atoms with Gasteiger partial charge in [-0.15, -0.1) is 17.9 Å². The molecule has 0 spiro atoms. The van der Waals surface area contributed by atoms with Crippen LogP contribution in [0.4, 0.5) is 5.69 Å². The molecular weight excluding hydrogens is 442 g/mol. The van der Waals surface area contributed by atoms with Crippen molar-refractivity contribution < 1.29 is 9.53 Å². The highest BCUT2D eigenvalue weighted by Crippen LogP contribution is 2.32. The van der Waals surface area contributed by atoms with Gasteiger partial charge in [0.25, 0.3) is 5.56 Å². The molecule has 4 rings (SSSR count). The van der Waals surface area contributed by atoms with Crippen LogP contribution in [0.3, 0.4) is 0 Å². The molecule has 4 aromatic rings. The van der Waals surface area contributed by atoms with Gasteiger partial charge in [-0.3, -0.25) is 14.2 Å². The normalized spacial score (nSPS) is 10.8. The van der Waals surface area contributed by atoms with Crippen LogP contribution in [-0.4, -0.2) is 28.3 Å². The summed E-state index contributed by atoms with van der Waals surface area (Å²) in [6.07, 6.45) is 1.65. The molecule has 0 atom stereocenters. The number of fused-ring (bicyclic) bond motifs is 1. The average molecular weight is 464 g/mol. The Morgan fingerprint density at radius 1 is 1.22 bits per heavy atom. The lowest BCUT2D eigenvalue weighted by molar-refractivity contribution is -0.113. The van der Waals surface area contributed by atoms with E-state index in [1.54, 1.807) is 36.0 Å². The number of rotatable bonds is 8. The van der Waals surface area contributed by atoms with E-state index in [9.17, 15) is 9.59 Å². The molecule has 0 aliphatic carbocycles. The standard InChI is InChI=1S/C24H21N3O3S2/c1-3-12-27-23(29)22-19(14-20(32-22)16-8-5-4-6-9-16)26-24(27)31-15-21(28)25-17-10-7-11-18(13-17)30-2/h3-11,13-14H,1,12,15H2,2H3,(H,25,28). The maximum absolute atomic E-state index is 13.1. The second-order valence-corrected chi connectivity index (χ2v) is 8.85. The van der Waals surface area contributed by atoms with Gasteiger partial charge >= 0.3 is 0 Å². The first kappa shape index (κ1) is 21.9. The number of thioether (sulfide) groups is 1. The topological polar surface area (TPSA) is 73.2 Å². The van der Waals surface area contributed by atoms with E-state index in [0.717, 1.165) is 10.4 Å². The van der Waals surface area contributed by atoms with E-state index >= 15 is 0 Å². The summed E-state index contributed by atoms with van der Waals surface area (Å²) in [5, 5.41) is 3.33. The van der Waals surface area contributed by atoms with Crippen molar-refractivity contribution in [1.82, 2.24) is 9.55 Å². The van der Waals surface area contributed by atoms with Crippen molar-refractivity contribution in [2.45, 2.75) is 11.7 Å². The fraction of sp³-hybridized carbons (Fsp3) is 0.125. The minimum absolute atomic E-state index is 0.113. The summed E-state index contributed by atoms with van der Waals surface area (Å²) in [6.45, 7) is 4.07. The summed E-state index contributed by atoms with van der Waals surface area (Å²) in [4.78, 5) is 31.3. The third kappa shape index (κ3) is 4.76. The van der Waals surface area contributed by atoms with Gasteiger partial charge in [0.2, 0.25) is 5.91 Å². The molecule has 0 fully saturated rings. The number of hydrogen-bond acceptors (Lipinski definition) is 6. The Morgan fingerprint density at radius 2 is 2.03 bits per heavy atom. The van der Waals surface area contributed by atoms with Crippen molar-refractivity contribution in [3.8, 4) is 16.2 Å². The molecule has 0 bridgehead atoms. The van der Waals surface area contributed by atoms with E-state index in [2.05, 4.69) is 11.9 Å². The number of thiophene rings is 1. The van der Waals surface area contributed by atoms with Gasteiger partial charge in [-0.2, -0.15) is 0 Å². The molecule has 2 aromatic carbocycles. The Hall–Kier alpha value is -3.36. The van der Waals surface area contributed by atoms with Gasteiger partial charge < -0.3 is 10.1 Å². The molecule has 8 heteroatoms. The first-order chi connectivity index (χ1) is 15.6. The highest BCUT2D eigenvalue weighted by atomic mass is 32.2. The highest BCUT2D eigenvalue weighted by molar-refractivity contribution is 7.99. The van der Waals surface area contributed by atoms with Crippen LogP contribution in [-0.2, 0) is 11.3 Å². The number of anilines is 1. The van der Waals surface area contributed by atoms with Gasteiger partial charge in [0.15, 0.2) is 5.16 Å². The second kappa shape index (κ2) is 9.84. The molecule has 0 aliphatic rings. The lowest BCUT2D eigenvalue weighted by Gasteiger charge is -2.10. The van der Waals surface area contributed by atoms with E-state index in [0.29, 0.717) is 33.4 Å². The minimum Gasteiger partial charge on any atom is -0.497 e. The van der Waals surface area contributed by atoms with Gasteiger partial charge in [0.05, 0.1) is 18.4 Å². The smallest absolute Gasteiger partial charge is 0.272 e. The molecule has 32 heavy (non-hydrogen) atoms. The van der Waals surface area contributed by atoms with E-state index in [4.69, 9.17) is 9.72 Å². The number of ether oxygens (including phenoxy) is 1. The zero-order valence-electron chi connectivity index (χ0n) is 17.4. The number of nitrogens with one attached hydrogen (secondary N) is 1. The highest BCUT2D eigenvalue weighted by Gasteiger charge is 2.16. The van der Waals surface area contributed by atoms with Crippen LogP contribution in [0.5, 0.6) is 5.75 Å². The molecule has 0 saturated heterocycles. The van der Waals surface area contributed by atoms with Crippen molar-refractivity contribution in [1.29, 1.82) is 0 Å². The van der Waals surface area contributed by atoms with Crippen LogP contribution in [0, 0.1) is 0 Å². The summed E-state index contributed by atoms with van der Waals surface area (Å²) in [5.74, 6) is 0.578. The molecule has 0 unspecified atom stereocenters. The lowest BCUT2D eigenvalue weighted by Crippen LogP contribution is -2.23. The number of amides is 1. The molecule has 1 amide bonds. The van der Waals surface area contributed by atoms with Crippen molar-refractivity contribution in [2.75, 3.05) is 18.2 Å². The number of carbonyl (C=O) groups excluding carboxylic acids is 1. The summed E-state index contributed by atoms with van der Waals surface area (Å²) in [7, 11) is 1.57. The molecule has 0 aliphatic heterocycles.